The molecule has 0 saturated heterocycles. The summed E-state index contributed by atoms with van der Waals surface area (Å²) in [5, 5.41) is 3.76. The minimum absolute atomic E-state index is 0.889. The molecule has 1 nitrogen and oxygen atoms in total. The van der Waals surface area contributed by atoms with E-state index in [9.17, 15) is 0 Å². The predicted octanol–water partition coefficient (Wildman–Crippen LogP) is 3.93. The normalized spacial score (nSPS) is 33.9. The topological polar surface area (TPSA) is 12.0 Å². The van der Waals surface area contributed by atoms with Gasteiger partial charge in [0, 0.05) is 6.04 Å². The molecule has 0 amide bonds. The van der Waals surface area contributed by atoms with Gasteiger partial charge in [0.1, 0.15) is 0 Å². The third-order valence-corrected chi connectivity index (χ3v) is 5.41. The first kappa shape index (κ1) is 13.7. The quantitative estimate of drug-likeness (QED) is 0.739. The van der Waals surface area contributed by atoms with E-state index in [0.29, 0.717) is 0 Å². The maximum Gasteiger partial charge on any atom is 0.00683 e. The second kappa shape index (κ2) is 7.04. The van der Waals surface area contributed by atoms with Crippen molar-refractivity contribution >= 4 is 11.8 Å². The fourth-order valence-corrected chi connectivity index (χ4v) is 3.83. The van der Waals surface area contributed by atoms with E-state index in [4.69, 9.17) is 0 Å². The van der Waals surface area contributed by atoms with E-state index in [2.05, 4.69) is 18.5 Å². The fraction of sp³-hybridized carbons (Fsp3) is 1.00. The molecule has 2 fully saturated rings. The summed E-state index contributed by atoms with van der Waals surface area (Å²) < 4.78 is 0. The molecule has 0 aliphatic heterocycles. The molecule has 0 spiro atoms. The summed E-state index contributed by atoms with van der Waals surface area (Å²) in [5.41, 5.74) is 0. The van der Waals surface area contributed by atoms with E-state index in [1.807, 2.05) is 11.8 Å². The summed E-state index contributed by atoms with van der Waals surface area (Å²) in [7, 11) is 0. The van der Waals surface area contributed by atoms with Gasteiger partial charge in [0.05, 0.1) is 0 Å². The first-order valence-electron chi connectivity index (χ1n) is 7.55. The Morgan fingerprint density at radius 2 is 1.94 bits per heavy atom. The lowest BCUT2D eigenvalue weighted by molar-refractivity contribution is 0.168. The largest absolute Gasteiger partial charge is 0.314 e. The highest BCUT2D eigenvalue weighted by Crippen LogP contribution is 2.38. The predicted molar refractivity (Wildman–Crippen MR) is 78.6 cm³/mol. The average molecular weight is 255 g/mol. The number of hydrogen-bond acceptors (Lipinski definition) is 2. The van der Waals surface area contributed by atoms with Crippen LogP contribution in [-0.4, -0.2) is 24.6 Å². The van der Waals surface area contributed by atoms with Crippen LogP contribution in [0.4, 0.5) is 0 Å². The molecular formula is C15H29NS. The summed E-state index contributed by atoms with van der Waals surface area (Å²) >= 11 is 2.02. The van der Waals surface area contributed by atoms with Crippen LogP contribution in [0, 0.1) is 17.8 Å². The van der Waals surface area contributed by atoms with Gasteiger partial charge >= 0.3 is 0 Å². The standard InChI is InChI=1S/C15H29NS/c1-3-12-4-5-14(11-16-15-6-7-15)13(10-12)8-9-17-2/h12-16H,3-11H2,1-2H3. The van der Waals surface area contributed by atoms with Gasteiger partial charge in [-0.2, -0.15) is 11.8 Å². The van der Waals surface area contributed by atoms with Crippen molar-refractivity contribution in [2.24, 2.45) is 17.8 Å². The Balaban J connectivity index is 1.77. The Hall–Kier alpha value is 0.310. The van der Waals surface area contributed by atoms with Crippen molar-refractivity contribution in [2.45, 2.75) is 57.9 Å². The van der Waals surface area contributed by atoms with E-state index in [1.54, 1.807) is 0 Å². The fourth-order valence-electron chi connectivity index (χ4n) is 3.29. The Kier molecular flexibility index (Phi) is 5.68. The molecule has 0 aromatic rings. The van der Waals surface area contributed by atoms with Crippen molar-refractivity contribution in [1.29, 1.82) is 0 Å². The number of thioether (sulfide) groups is 1. The molecule has 0 aromatic heterocycles. The molecule has 2 aliphatic rings. The molecule has 0 aromatic carbocycles. The second-order valence-corrected chi connectivity index (χ2v) is 7.06. The maximum atomic E-state index is 3.76. The Morgan fingerprint density at radius 1 is 1.12 bits per heavy atom. The molecule has 2 rings (SSSR count). The zero-order valence-corrected chi connectivity index (χ0v) is 12.4. The van der Waals surface area contributed by atoms with Crippen LogP contribution in [-0.2, 0) is 0 Å². The van der Waals surface area contributed by atoms with Crippen LogP contribution in [0.2, 0.25) is 0 Å². The SMILES string of the molecule is CCC1CCC(CNC2CC2)C(CCSC)C1. The van der Waals surface area contributed by atoms with Gasteiger partial charge in [0.2, 0.25) is 0 Å². The van der Waals surface area contributed by atoms with Crippen LogP contribution >= 0.6 is 11.8 Å². The molecule has 2 saturated carbocycles. The van der Waals surface area contributed by atoms with E-state index in [0.717, 1.165) is 23.8 Å². The van der Waals surface area contributed by atoms with Crippen LogP contribution in [0.25, 0.3) is 0 Å². The summed E-state index contributed by atoms with van der Waals surface area (Å²) in [6.07, 6.45) is 12.4. The van der Waals surface area contributed by atoms with Gasteiger partial charge in [-0.1, -0.05) is 19.8 Å². The van der Waals surface area contributed by atoms with Crippen LogP contribution in [0.1, 0.15) is 51.9 Å². The molecule has 100 valence electrons. The minimum Gasteiger partial charge on any atom is -0.314 e. The van der Waals surface area contributed by atoms with E-state index in [1.165, 1.54) is 57.2 Å². The maximum absolute atomic E-state index is 3.76. The highest BCUT2D eigenvalue weighted by atomic mass is 32.2. The molecule has 3 atom stereocenters. The molecule has 2 aliphatic carbocycles. The minimum atomic E-state index is 0.889. The first-order valence-corrected chi connectivity index (χ1v) is 8.95. The molecule has 0 bridgehead atoms. The third kappa shape index (κ3) is 4.48. The zero-order chi connectivity index (χ0) is 12.1. The first-order chi connectivity index (χ1) is 8.33. The average Bonchev–Trinajstić information content (AvgIpc) is 3.18. The molecule has 0 radical (unpaired) electrons. The van der Waals surface area contributed by atoms with Gasteiger partial charge < -0.3 is 5.32 Å². The van der Waals surface area contributed by atoms with Crippen LogP contribution < -0.4 is 5.32 Å². The molecule has 2 heteroatoms. The van der Waals surface area contributed by atoms with Gasteiger partial charge in [-0.3, -0.25) is 0 Å². The van der Waals surface area contributed by atoms with Crippen molar-refractivity contribution < 1.29 is 0 Å². The molecular weight excluding hydrogens is 226 g/mol. The molecule has 3 unspecified atom stereocenters. The van der Waals surface area contributed by atoms with Gasteiger partial charge in [0.25, 0.3) is 0 Å². The molecule has 17 heavy (non-hydrogen) atoms. The zero-order valence-electron chi connectivity index (χ0n) is 11.6. The monoisotopic (exact) mass is 255 g/mol. The third-order valence-electron chi connectivity index (χ3n) is 4.76. The molecule has 0 heterocycles. The van der Waals surface area contributed by atoms with Crippen molar-refractivity contribution in [3.63, 3.8) is 0 Å². The van der Waals surface area contributed by atoms with Crippen molar-refractivity contribution in [2.75, 3.05) is 18.6 Å². The Labute approximate surface area is 112 Å². The lowest BCUT2D eigenvalue weighted by Gasteiger charge is -2.36. The molecule has 1 N–H and O–H groups in total. The number of nitrogens with one attached hydrogen (secondary N) is 1. The lowest BCUT2D eigenvalue weighted by Crippen LogP contribution is -2.34. The number of hydrogen-bond donors (Lipinski definition) is 1. The second-order valence-electron chi connectivity index (χ2n) is 6.07. The summed E-state index contributed by atoms with van der Waals surface area (Å²) in [6.45, 7) is 3.68. The summed E-state index contributed by atoms with van der Waals surface area (Å²) in [5.74, 6) is 4.37. The van der Waals surface area contributed by atoms with E-state index < -0.39 is 0 Å². The van der Waals surface area contributed by atoms with Gasteiger partial charge in [0.15, 0.2) is 0 Å². The summed E-state index contributed by atoms with van der Waals surface area (Å²) in [6, 6.07) is 0.889. The Morgan fingerprint density at radius 3 is 2.59 bits per heavy atom. The van der Waals surface area contributed by atoms with Crippen molar-refractivity contribution in [1.82, 2.24) is 5.32 Å². The van der Waals surface area contributed by atoms with Gasteiger partial charge in [-0.25, -0.2) is 0 Å². The van der Waals surface area contributed by atoms with Crippen molar-refractivity contribution in [3.8, 4) is 0 Å². The van der Waals surface area contributed by atoms with Crippen molar-refractivity contribution in [3.05, 3.63) is 0 Å². The Bertz CT molecular complexity index is 215. The van der Waals surface area contributed by atoms with E-state index >= 15 is 0 Å². The summed E-state index contributed by atoms with van der Waals surface area (Å²) in [4.78, 5) is 0. The van der Waals surface area contributed by atoms with Crippen LogP contribution in [0.15, 0.2) is 0 Å². The van der Waals surface area contributed by atoms with E-state index in [-0.39, 0.29) is 0 Å². The lowest BCUT2D eigenvalue weighted by atomic mass is 9.72. The highest BCUT2D eigenvalue weighted by molar-refractivity contribution is 7.98. The van der Waals surface area contributed by atoms with Gasteiger partial charge in [-0.05, 0) is 68.4 Å². The number of rotatable bonds is 7. The smallest absolute Gasteiger partial charge is 0.00683 e. The van der Waals surface area contributed by atoms with Crippen LogP contribution in [0.5, 0.6) is 0 Å². The van der Waals surface area contributed by atoms with Crippen LogP contribution in [0.3, 0.4) is 0 Å². The van der Waals surface area contributed by atoms with Gasteiger partial charge in [-0.15, -0.1) is 0 Å². The highest BCUT2D eigenvalue weighted by Gasteiger charge is 2.30.